The smallest absolute Gasteiger partial charge is 0.377 e. The molecule has 2 N–H and O–H groups in total. The Morgan fingerprint density at radius 1 is 1.64 bits per heavy atom. The zero-order valence-electron chi connectivity index (χ0n) is 7.56. The molecule has 1 aromatic rings. The van der Waals surface area contributed by atoms with E-state index in [0.29, 0.717) is 12.4 Å². The molecule has 0 bridgehead atoms. The van der Waals surface area contributed by atoms with Gasteiger partial charge in [-0.15, -0.1) is 0 Å². The maximum absolute atomic E-state index is 10.4. The summed E-state index contributed by atoms with van der Waals surface area (Å²) in [5.41, 5.74) is 0. The van der Waals surface area contributed by atoms with E-state index in [9.17, 15) is 4.79 Å². The van der Waals surface area contributed by atoms with Crippen molar-refractivity contribution in [2.75, 3.05) is 6.54 Å². The van der Waals surface area contributed by atoms with Gasteiger partial charge in [0, 0.05) is 0 Å². The van der Waals surface area contributed by atoms with Crippen LogP contribution >= 0.6 is 0 Å². The van der Waals surface area contributed by atoms with Crippen LogP contribution in [0.25, 0.3) is 0 Å². The Labute approximate surface area is 80.3 Å². The minimum absolute atomic E-state index is 0.284. The third-order valence-electron chi connectivity index (χ3n) is 2.07. The van der Waals surface area contributed by atoms with Crippen LogP contribution < -0.4 is 5.32 Å². The average Bonchev–Trinajstić information content (AvgIpc) is 2.82. The van der Waals surface area contributed by atoms with Gasteiger partial charge in [-0.05, 0) is 30.5 Å². The van der Waals surface area contributed by atoms with E-state index in [-0.39, 0.29) is 5.82 Å². The van der Waals surface area contributed by atoms with Gasteiger partial charge < -0.3 is 14.9 Å². The highest BCUT2D eigenvalue weighted by Crippen LogP contribution is 2.27. The van der Waals surface area contributed by atoms with E-state index in [1.165, 1.54) is 12.8 Å². The Morgan fingerprint density at radius 3 is 3.00 bits per heavy atom. The van der Waals surface area contributed by atoms with Crippen LogP contribution in [0.1, 0.15) is 29.4 Å². The third kappa shape index (κ3) is 2.29. The summed E-state index contributed by atoms with van der Waals surface area (Å²) >= 11 is 0. The van der Waals surface area contributed by atoms with Crippen molar-refractivity contribution in [3.8, 4) is 0 Å². The summed E-state index contributed by atoms with van der Waals surface area (Å²) in [6.45, 7) is 1.38. The summed E-state index contributed by atoms with van der Waals surface area (Å²) < 4.78 is 4.72. The van der Waals surface area contributed by atoms with E-state index in [1.807, 2.05) is 0 Å². The zero-order valence-corrected chi connectivity index (χ0v) is 7.56. The van der Waals surface area contributed by atoms with Crippen molar-refractivity contribution in [2.45, 2.75) is 19.4 Å². The lowest BCUT2D eigenvalue weighted by Gasteiger charge is -1.96. The number of carboxylic acid groups (broad SMARTS) is 1. The Morgan fingerprint density at radius 2 is 2.43 bits per heavy atom. The summed E-state index contributed by atoms with van der Waals surface area (Å²) in [6, 6.07) is 0. The molecule has 6 heteroatoms. The molecule has 6 nitrogen and oxygen atoms in total. The fourth-order valence-corrected chi connectivity index (χ4v) is 1.12. The van der Waals surface area contributed by atoms with E-state index < -0.39 is 5.97 Å². The van der Waals surface area contributed by atoms with Crippen molar-refractivity contribution < 1.29 is 14.4 Å². The van der Waals surface area contributed by atoms with Gasteiger partial charge in [0.1, 0.15) is 0 Å². The van der Waals surface area contributed by atoms with Crippen LogP contribution in [0.5, 0.6) is 0 Å². The fraction of sp³-hybridized carbons (Fsp3) is 0.625. The van der Waals surface area contributed by atoms with Crippen molar-refractivity contribution >= 4 is 5.97 Å². The number of carboxylic acids is 1. The predicted molar refractivity (Wildman–Crippen MR) is 45.7 cm³/mol. The molecule has 0 amide bonds. The molecule has 0 radical (unpaired) electrons. The Kier molecular flexibility index (Phi) is 2.45. The number of nitrogens with zero attached hydrogens (tertiary/aromatic N) is 2. The largest absolute Gasteiger partial charge is 0.475 e. The lowest BCUT2D eigenvalue weighted by Crippen LogP contribution is -2.16. The van der Waals surface area contributed by atoms with Crippen molar-refractivity contribution in [3.05, 3.63) is 11.7 Å². The van der Waals surface area contributed by atoms with E-state index in [0.717, 1.165) is 12.5 Å². The van der Waals surface area contributed by atoms with Crippen LogP contribution in [0.15, 0.2) is 4.52 Å². The van der Waals surface area contributed by atoms with E-state index in [1.54, 1.807) is 0 Å². The van der Waals surface area contributed by atoms with Crippen LogP contribution in [0.3, 0.4) is 0 Å². The number of carbonyl (C=O) groups is 1. The molecule has 1 aliphatic carbocycles. The quantitative estimate of drug-likeness (QED) is 0.704. The van der Waals surface area contributed by atoms with Crippen LogP contribution in [0.2, 0.25) is 0 Å². The molecule has 0 aromatic carbocycles. The average molecular weight is 197 g/mol. The first-order valence-corrected chi connectivity index (χ1v) is 4.52. The Bertz CT molecular complexity index is 332. The highest BCUT2D eigenvalue weighted by atomic mass is 16.5. The number of aromatic carboxylic acids is 1. The molecule has 0 spiro atoms. The molecule has 0 atom stereocenters. The Balaban J connectivity index is 1.79. The minimum atomic E-state index is -1.16. The summed E-state index contributed by atoms with van der Waals surface area (Å²) in [5.74, 6) is -0.352. The molecule has 0 aliphatic heterocycles. The van der Waals surface area contributed by atoms with Crippen LogP contribution in [0.4, 0.5) is 0 Å². The number of aromatic nitrogens is 2. The van der Waals surface area contributed by atoms with Gasteiger partial charge in [-0.3, -0.25) is 0 Å². The molecule has 0 saturated heterocycles. The standard InChI is InChI=1S/C8H11N3O3/c12-8(13)7-10-6(14-11-7)4-9-3-5-1-2-5/h5,9H,1-4H2,(H,12,13). The second kappa shape index (κ2) is 3.75. The second-order valence-corrected chi connectivity index (χ2v) is 3.39. The van der Waals surface area contributed by atoms with Crippen molar-refractivity contribution in [1.29, 1.82) is 0 Å². The molecule has 1 saturated carbocycles. The van der Waals surface area contributed by atoms with E-state index >= 15 is 0 Å². The van der Waals surface area contributed by atoms with Gasteiger partial charge >= 0.3 is 5.97 Å². The first-order chi connectivity index (χ1) is 6.75. The third-order valence-corrected chi connectivity index (χ3v) is 2.07. The first kappa shape index (κ1) is 9.14. The first-order valence-electron chi connectivity index (χ1n) is 4.52. The number of rotatable bonds is 5. The van der Waals surface area contributed by atoms with Gasteiger partial charge in [-0.25, -0.2) is 4.79 Å². The molecular weight excluding hydrogens is 186 g/mol. The van der Waals surface area contributed by atoms with Crippen molar-refractivity contribution in [2.24, 2.45) is 5.92 Å². The molecule has 1 heterocycles. The van der Waals surface area contributed by atoms with Gasteiger partial charge in [0.25, 0.3) is 5.82 Å². The summed E-state index contributed by atoms with van der Waals surface area (Å²) in [7, 11) is 0. The monoisotopic (exact) mass is 197 g/mol. The number of hydrogen-bond donors (Lipinski definition) is 2. The molecule has 1 fully saturated rings. The van der Waals surface area contributed by atoms with Gasteiger partial charge in [-0.2, -0.15) is 4.98 Å². The minimum Gasteiger partial charge on any atom is -0.475 e. The summed E-state index contributed by atoms with van der Waals surface area (Å²) in [4.78, 5) is 14.1. The zero-order chi connectivity index (χ0) is 9.97. The van der Waals surface area contributed by atoms with Crippen molar-refractivity contribution in [1.82, 2.24) is 15.5 Å². The van der Waals surface area contributed by atoms with Gasteiger partial charge in [0.2, 0.25) is 5.89 Å². The topological polar surface area (TPSA) is 88.2 Å². The molecular formula is C8H11N3O3. The molecule has 1 aliphatic rings. The molecule has 14 heavy (non-hydrogen) atoms. The van der Waals surface area contributed by atoms with Crippen LogP contribution in [0, 0.1) is 5.92 Å². The maximum Gasteiger partial charge on any atom is 0.377 e. The van der Waals surface area contributed by atoms with Gasteiger partial charge in [-0.1, -0.05) is 0 Å². The van der Waals surface area contributed by atoms with Crippen molar-refractivity contribution in [3.63, 3.8) is 0 Å². The molecule has 2 rings (SSSR count). The normalized spacial score (nSPS) is 15.7. The second-order valence-electron chi connectivity index (χ2n) is 3.39. The van der Waals surface area contributed by atoms with Gasteiger partial charge in [0.15, 0.2) is 0 Å². The lowest BCUT2D eigenvalue weighted by atomic mass is 10.4. The van der Waals surface area contributed by atoms with E-state index in [4.69, 9.17) is 9.63 Å². The lowest BCUT2D eigenvalue weighted by molar-refractivity contribution is 0.0680. The number of hydrogen-bond acceptors (Lipinski definition) is 5. The molecule has 1 aromatic heterocycles. The Hall–Kier alpha value is -1.43. The predicted octanol–water partition coefficient (Wildman–Crippen LogP) is 0.267. The SMILES string of the molecule is O=C(O)c1noc(CNCC2CC2)n1. The molecule has 0 unspecified atom stereocenters. The summed E-state index contributed by atoms with van der Waals surface area (Å²) in [6.07, 6.45) is 2.55. The highest BCUT2D eigenvalue weighted by molar-refractivity contribution is 5.82. The fourth-order valence-electron chi connectivity index (χ4n) is 1.12. The van der Waals surface area contributed by atoms with Crippen LogP contribution in [-0.2, 0) is 6.54 Å². The maximum atomic E-state index is 10.4. The van der Waals surface area contributed by atoms with Gasteiger partial charge in [0.05, 0.1) is 6.54 Å². The van der Waals surface area contributed by atoms with Crippen LogP contribution in [-0.4, -0.2) is 27.8 Å². The number of nitrogens with one attached hydrogen (secondary N) is 1. The van der Waals surface area contributed by atoms with E-state index in [2.05, 4.69) is 15.5 Å². The molecule has 76 valence electrons. The highest BCUT2D eigenvalue weighted by Gasteiger charge is 2.20. The summed E-state index contributed by atoms with van der Waals surface area (Å²) in [5, 5.41) is 14.9.